The molecule has 0 unspecified atom stereocenters. The van der Waals surface area contributed by atoms with Gasteiger partial charge in [-0.3, -0.25) is 4.79 Å². The van der Waals surface area contributed by atoms with Crippen LogP contribution in [-0.2, 0) is 4.79 Å². The summed E-state index contributed by atoms with van der Waals surface area (Å²) in [5, 5.41) is 6.32. The number of amides is 1. The van der Waals surface area contributed by atoms with E-state index < -0.39 is 0 Å². The van der Waals surface area contributed by atoms with Crippen molar-refractivity contribution in [3.63, 3.8) is 0 Å². The van der Waals surface area contributed by atoms with Gasteiger partial charge in [-0.15, -0.1) is 0 Å². The lowest BCUT2D eigenvalue weighted by Crippen LogP contribution is -2.42. The Morgan fingerprint density at radius 3 is 2.71 bits per heavy atom. The maximum absolute atomic E-state index is 11.8. The van der Waals surface area contributed by atoms with Crippen LogP contribution >= 0.6 is 0 Å². The van der Waals surface area contributed by atoms with Crippen LogP contribution in [0.2, 0.25) is 0 Å². The minimum Gasteiger partial charge on any atom is -0.494 e. The molecule has 21 heavy (non-hydrogen) atoms. The molecule has 2 N–H and O–H groups in total. The van der Waals surface area contributed by atoms with E-state index in [9.17, 15) is 4.79 Å². The standard InChI is InChI=1S/C17H24N2O2/c1-2-13-21-16-6-3-14(4-7-16)5-8-17(20)19-15-9-11-18-12-10-15/h3-8,15,18H,2,9-13H2,1H3,(H,19,20)/b8-5+. The minimum atomic E-state index is -0.0202. The quantitative estimate of drug-likeness (QED) is 0.790. The van der Waals surface area contributed by atoms with Gasteiger partial charge in [0.1, 0.15) is 5.75 Å². The molecule has 1 aliphatic rings. The summed E-state index contributed by atoms with van der Waals surface area (Å²) in [4.78, 5) is 11.8. The third-order valence-corrected chi connectivity index (χ3v) is 3.47. The molecule has 1 amide bonds. The molecule has 4 heteroatoms. The highest BCUT2D eigenvalue weighted by atomic mass is 16.5. The van der Waals surface area contributed by atoms with Crippen LogP contribution in [0.5, 0.6) is 5.75 Å². The molecular formula is C17H24N2O2. The van der Waals surface area contributed by atoms with Gasteiger partial charge >= 0.3 is 0 Å². The first-order valence-electron chi connectivity index (χ1n) is 7.70. The predicted octanol–water partition coefficient (Wildman–Crippen LogP) is 2.36. The lowest BCUT2D eigenvalue weighted by atomic mass is 10.1. The van der Waals surface area contributed by atoms with Crippen molar-refractivity contribution < 1.29 is 9.53 Å². The number of carbonyl (C=O) groups is 1. The van der Waals surface area contributed by atoms with Gasteiger partial charge in [-0.25, -0.2) is 0 Å². The Morgan fingerprint density at radius 1 is 1.33 bits per heavy atom. The Bertz CT molecular complexity index is 462. The molecule has 1 saturated heterocycles. The zero-order valence-electron chi connectivity index (χ0n) is 12.6. The number of nitrogens with one attached hydrogen (secondary N) is 2. The molecule has 0 radical (unpaired) electrons. The molecule has 0 aromatic heterocycles. The van der Waals surface area contributed by atoms with Gasteiger partial charge in [-0.1, -0.05) is 19.1 Å². The zero-order valence-corrected chi connectivity index (χ0v) is 12.6. The lowest BCUT2D eigenvalue weighted by Gasteiger charge is -2.22. The summed E-state index contributed by atoms with van der Waals surface area (Å²) in [7, 11) is 0. The van der Waals surface area contributed by atoms with Crippen molar-refractivity contribution in [3.8, 4) is 5.75 Å². The van der Waals surface area contributed by atoms with Gasteiger partial charge in [0.2, 0.25) is 5.91 Å². The van der Waals surface area contributed by atoms with Crippen molar-refractivity contribution in [2.45, 2.75) is 32.2 Å². The highest BCUT2D eigenvalue weighted by molar-refractivity contribution is 5.91. The van der Waals surface area contributed by atoms with E-state index in [1.807, 2.05) is 30.3 Å². The fourth-order valence-corrected chi connectivity index (χ4v) is 2.28. The van der Waals surface area contributed by atoms with Crippen LogP contribution in [0.15, 0.2) is 30.3 Å². The largest absolute Gasteiger partial charge is 0.494 e. The molecule has 0 aliphatic carbocycles. The van der Waals surface area contributed by atoms with E-state index >= 15 is 0 Å². The lowest BCUT2D eigenvalue weighted by molar-refractivity contribution is -0.117. The number of carbonyl (C=O) groups excluding carboxylic acids is 1. The monoisotopic (exact) mass is 288 g/mol. The maximum atomic E-state index is 11.8. The van der Waals surface area contributed by atoms with Gasteiger partial charge in [-0.05, 0) is 56.1 Å². The van der Waals surface area contributed by atoms with Crippen molar-refractivity contribution >= 4 is 12.0 Å². The molecule has 1 aromatic carbocycles. The number of ether oxygens (including phenoxy) is 1. The van der Waals surface area contributed by atoms with Crippen molar-refractivity contribution in [1.29, 1.82) is 0 Å². The molecular weight excluding hydrogens is 264 g/mol. The summed E-state index contributed by atoms with van der Waals surface area (Å²) in [6.07, 6.45) is 6.44. The van der Waals surface area contributed by atoms with Crippen LogP contribution in [-0.4, -0.2) is 31.6 Å². The normalized spacial score (nSPS) is 16.0. The summed E-state index contributed by atoms with van der Waals surface area (Å²) in [5.74, 6) is 0.848. The molecule has 0 bridgehead atoms. The van der Waals surface area contributed by atoms with Crippen LogP contribution in [0.4, 0.5) is 0 Å². The van der Waals surface area contributed by atoms with E-state index in [4.69, 9.17) is 4.74 Å². The number of benzene rings is 1. The van der Waals surface area contributed by atoms with Gasteiger partial charge in [-0.2, -0.15) is 0 Å². The summed E-state index contributed by atoms with van der Waals surface area (Å²) in [5.41, 5.74) is 0.999. The molecule has 114 valence electrons. The Kier molecular flexibility index (Phi) is 6.28. The molecule has 4 nitrogen and oxygen atoms in total. The van der Waals surface area contributed by atoms with Crippen molar-refractivity contribution in [3.05, 3.63) is 35.9 Å². The average Bonchev–Trinajstić information content (AvgIpc) is 2.53. The van der Waals surface area contributed by atoms with Crippen molar-refractivity contribution in [2.75, 3.05) is 19.7 Å². The fourth-order valence-electron chi connectivity index (χ4n) is 2.28. The first-order valence-corrected chi connectivity index (χ1v) is 7.70. The highest BCUT2D eigenvalue weighted by Crippen LogP contribution is 2.13. The topological polar surface area (TPSA) is 50.4 Å². The van der Waals surface area contributed by atoms with Crippen LogP contribution in [0, 0.1) is 0 Å². The van der Waals surface area contributed by atoms with Gasteiger partial charge < -0.3 is 15.4 Å². The number of piperidine rings is 1. The van der Waals surface area contributed by atoms with Crippen LogP contribution in [0.1, 0.15) is 31.7 Å². The minimum absolute atomic E-state index is 0.0202. The molecule has 1 fully saturated rings. The maximum Gasteiger partial charge on any atom is 0.244 e. The molecule has 1 aliphatic heterocycles. The molecule has 0 saturated carbocycles. The third kappa shape index (κ3) is 5.60. The van der Waals surface area contributed by atoms with Crippen LogP contribution in [0.3, 0.4) is 0 Å². The third-order valence-electron chi connectivity index (χ3n) is 3.47. The van der Waals surface area contributed by atoms with Gasteiger partial charge in [0.05, 0.1) is 6.61 Å². The molecule has 1 aromatic rings. The van der Waals surface area contributed by atoms with Gasteiger partial charge in [0, 0.05) is 12.1 Å². The fraction of sp³-hybridized carbons (Fsp3) is 0.471. The zero-order chi connectivity index (χ0) is 14.9. The number of hydrogen-bond acceptors (Lipinski definition) is 3. The van der Waals surface area contributed by atoms with Crippen molar-refractivity contribution in [2.24, 2.45) is 0 Å². The van der Waals surface area contributed by atoms with E-state index in [0.29, 0.717) is 6.04 Å². The first-order chi connectivity index (χ1) is 10.3. The first kappa shape index (κ1) is 15.6. The smallest absolute Gasteiger partial charge is 0.244 e. The second kappa shape index (κ2) is 8.47. The molecule has 0 spiro atoms. The summed E-state index contributed by atoms with van der Waals surface area (Å²) < 4.78 is 5.53. The summed E-state index contributed by atoms with van der Waals surface area (Å²) >= 11 is 0. The Labute approximate surface area is 126 Å². The molecule has 1 heterocycles. The van der Waals surface area contributed by atoms with E-state index in [2.05, 4.69) is 17.6 Å². The van der Waals surface area contributed by atoms with Gasteiger partial charge in [0.25, 0.3) is 0 Å². The number of rotatable bonds is 6. The van der Waals surface area contributed by atoms with Crippen LogP contribution < -0.4 is 15.4 Å². The van der Waals surface area contributed by atoms with E-state index in [-0.39, 0.29) is 5.91 Å². The number of hydrogen-bond donors (Lipinski definition) is 2. The van der Waals surface area contributed by atoms with E-state index in [1.54, 1.807) is 6.08 Å². The Balaban J connectivity index is 1.80. The second-order valence-corrected chi connectivity index (χ2v) is 5.28. The van der Waals surface area contributed by atoms with E-state index in [0.717, 1.165) is 50.3 Å². The SMILES string of the molecule is CCCOc1ccc(/C=C/C(=O)NC2CCNCC2)cc1. The van der Waals surface area contributed by atoms with Crippen LogP contribution in [0.25, 0.3) is 6.08 Å². The summed E-state index contributed by atoms with van der Waals surface area (Å²) in [6, 6.07) is 8.08. The van der Waals surface area contributed by atoms with Gasteiger partial charge in [0.15, 0.2) is 0 Å². The average molecular weight is 288 g/mol. The Hall–Kier alpha value is -1.81. The predicted molar refractivity (Wildman–Crippen MR) is 85.3 cm³/mol. The highest BCUT2D eigenvalue weighted by Gasteiger charge is 2.13. The van der Waals surface area contributed by atoms with Crippen molar-refractivity contribution in [1.82, 2.24) is 10.6 Å². The van der Waals surface area contributed by atoms with E-state index in [1.165, 1.54) is 0 Å². The molecule has 2 rings (SSSR count). The summed E-state index contributed by atoms with van der Waals surface area (Å²) in [6.45, 7) is 4.77. The Morgan fingerprint density at radius 2 is 2.05 bits per heavy atom. The molecule has 0 atom stereocenters. The second-order valence-electron chi connectivity index (χ2n) is 5.28.